The number of aromatic nitrogens is 2. The van der Waals surface area contributed by atoms with Crippen LogP contribution in [0.4, 0.5) is 0 Å². The fraction of sp³-hybridized carbons (Fsp3) is 0.200. The Morgan fingerprint density at radius 2 is 1.36 bits per heavy atom. The monoisotopic (exact) mass is 290 g/mol. The lowest BCUT2D eigenvalue weighted by molar-refractivity contribution is -0.685. The molecule has 0 aliphatic heterocycles. The first-order valence-corrected chi connectivity index (χ1v) is 7.60. The fourth-order valence-electron chi connectivity index (χ4n) is 3.08. The summed E-state index contributed by atoms with van der Waals surface area (Å²) in [6.45, 7) is 4.32. The summed E-state index contributed by atoms with van der Waals surface area (Å²) in [5.41, 5.74) is 7.57. The lowest BCUT2D eigenvalue weighted by Crippen LogP contribution is -2.40. The van der Waals surface area contributed by atoms with Crippen molar-refractivity contribution in [1.29, 1.82) is 0 Å². The van der Waals surface area contributed by atoms with Crippen LogP contribution in [-0.2, 0) is 14.1 Å². The van der Waals surface area contributed by atoms with Crippen LogP contribution in [0.15, 0.2) is 60.8 Å². The molecule has 0 fully saturated rings. The highest BCUT2D eigenvalue weighted by Gasteiger charge is 2.24. The maximum atomic E-state index is 2.28. The minimum absolute atomic E-state index is 1.22. The third-order valence-electron chi connectivity index (χ3n) is 4.28. The van der Waals surface area contributed by atoms with Crippen molar-refractivity contribution in [2.24, 2.45) is 14.1 Å². The molecule has 110 valence electrons. The van der Waals surface area contributed by atoms with Crippen LogP contribution in [0.1, 0.15) is 11.1 Å². The second-order valence-electron chi connectivity index (χ2n) is 5.82. The topological polar surface area (TPSA) is 7.76 Å². The van der Waals surface area contributed by atoms with E-state index < -0.39 is 0 Å². The number of hydrogen-bond acceptors (Lipinski definition) is 0. The Morgan fingerprint density at radius 1 is 0.682 bits per heavy atom. The van der Waals surface area contributed by atoms with Crippen molar-refractivity contribution in [2.75, 3.05) is 0 Å². The Kier molecular flexibility index (Phi) is 3.76. The first-order valence-electron chi connectivity index (χ1n) is 7.60. The minimum atomic E-state index is 1.22. The van der Waals surface area contributed by atoms with E-state index in [0.29, 0.717) is 0 Å². The molecule has 0 aliphatic carbocycles. The van der Waals surface area contributed by atoms with Gasteiger partial charge in [-0.15, -0.1) is 0 Å². The van der Waals surface area contributed by atoms with Crippen molar-refractivity contribution in [3.05, 3.63) is 71.9 Å². The third-order valence-corrected chi connectivity index (χ3v) is 4.28. The Hall–Kier alpha value is -2.48. The Labute approximate surface area is 132 Å². The normalized spacial score (nSPS) is 10.7. The molecule has 3 aromatic rings. The standard InChI is InChI=1S/C20H22N2/c1-15-9-5-6-11-17(15)18-12-7-13-19(22(18)4)20-16(2)10-8-14-21(20)3/h5-14H,1-4H3/q+2. The van der Waals surface area contributed by atoms with E-state index in [-0.39, 0.29) is 0 Å². The molecule has 2 heterocycles. The molecule has 0 N–H and O–H groups in total. The lowest BCUT2D eigenvalue weighted by Gasteiger charge is -2.07. The first kappa shape index (κ1) is 14.5. The number of benzene rings is 1. The quantitative estimate of drug-likeness (QED) is 0.640. The van der Waals surface area contributed by atoms with Crippen LogP contribution in [-0.4, -0.2) is 0 Å². The minimum Gasteiger partial charge on any atom is -0.196 e. The van der Waals surface area contributed by atoms with Gasteiger partial charge in [-0.3, -0.25) is 0 Å². The molecule has 2 heteroatoms. The van der Waals surface area contributed by atoms with E-state index in [4.69, 9.17) is 0 Å². The number of nitrogens with zero attached hydrogens (tertiary/aromatic N) is 2. The average Bonchev–Trinajstić information content (AvgIpc) is 2.50. The van der Waals surface area contributed by atoms with Gasteiger partial charge in [0.1, 0.15) is 14.1 Å². The number of pyridine rings is 2. The fourth-order valence-corrected chi connectivity index (χ4v) is 3.08. The smallest absolute Gasteiger partial charge is 0.196 e. The zero-order valence-corrected chi connectivity index (χ0v) is 13.7. The molecule has 3 rings (SSSR count). The second kappa shape index (κ2) is 5.72. The van der Waals surface area contributed by atoms with E-state index in [1.807, 2.05) is 0 Å². The summed E-state index contributed by atoms with van der Waals surface area (Å²) in [5, 5.41) is 0. The van der Waals surface area contributed by atoms with Crippen LogP contribution in [0.2, 0.25) is 0 Å². The molecule has 0 unspecified atom stereocenters. The van der Waals surface area contributed by atoms with Crippen molar-refractivity contribution in [3.63, 3.8) is 0 Å². The van der Waals surface area contributed by atoms with Gasteiger partial charge in [0.2, 0.25) is 5.69 Å². The summed E-state index contributed by atoms with van der Waals surface area (Å²) >= 11 is 0. The molecule has 2 nitrogen and oxygen atoms in total. The highest BCUT2D eigenvalue weighted by molar-refractivity contribution is 5.62. The molecule has 0 amide bonds. The van der Waals surface area contributed by atoms with Crippen molar-refractivity contribution in [1.82, 2.24) is 0 Å². The molecular weight excluding hydrogens is 268 g/mol. The largest absolute Gasteiger partial charge is 0.280 e. The van der Waals surface area contributed by atoms with E-state index in [1.165, 1.54) is 33.8 Å². The van der Waals surface area contributed by atoms with Gasteiger partial charge in [0.15, 0.2) is 6.20 Å². The Bertz CT molecular complexity index is 815. The zero-order chi connectivity index (χ0) is 15.7. The average molecular weight is 290 g/mol. The van der Waals surface area contributed by atoms with Crippen LogP contribution >= 0.6 is 0 Å². The first-order chi connectivity index (χ1) is 10.6. The van der Waals surface area contributed by atoms with Gasteiger partial charge in [-0.25, -0.2) is 0 Å². The highest BCUT2D eigenvalue weighted by atomic mass is 15.0. The van der Waals surface area contributed by atoms with Crippen LogP contribution in [0.5, 0.6) is 0 Å². The van der Waals surface area contributed by atoms with E-state index in [1.54, 1.807) is 0 Å². The zero-order valence-electron chi connectivity index (χ0n) is 13.7. The highest BCUT2D eigenvalue weighted by Crippen LogP contribution is 2.23. The van der Waals surface area contributed by atoms with Gasteiger partial charge >= 0.3 is 0 Å². The SMILES string of the molecule is Cc1ccccc1-c1cccc(-c2c(C)ccc[n+]2C)[n+]1C. The van der Waals surface area contributed by atoms with Crippen LogP contribution < -0.4 is 9.13 Å². The third kappa shape index (κ3) is 2.41. The molecular formula is C20H22N2+2. The predicted molar refractivity (Wildman–Crippen MR) is 89.1 cm³/mol. The molecule has 0 saturated carbocycles. The van der Waals surface area contributed by atoms with E-state index >= 15 is 0 Å². The summed E-state index contributed by atoms with van der Waals surface area (Å²) < 4.78 is 4.47. The molecule has 0 aliphatic rings. The molecule has 0 radical (unpaired) electrons. The predicted octanol–water partition coefficient (Wildman–Crippen LogP) is 3.29. The van der Waals surface area contributed by atoms with Gasteiger partial charge in [-0.05, 0) is 37.6 Å². The molecule has 2 aromatic heterocycles. The van der Waals surface area contributed by atoms with Crippen LogP contribution in [0.3, 0.4) is 0 Å². The summed E-state index contributed by atoms with van der Waals surface area (Å²) in [7, 11) is 4.24. The van der Waals surface area contributed by atoms with Crippen molar-refractivity contribution in [3.8, 4) is 22.6 Å². The van der Waals surface area contributed by atoms with Gasteiger partial charge in [-0.1, -0.05) is 18.2 Å². The number of aryl methyl sites for hydroxylation is 3. The van der Waals surface area contributed by atoms with Crippen molar-refractivity contribution in [2.45, 2.75) is 13.8 Å². The summed E-state index contributed by atoms with van der Waals surface area (Å²) in [6, 6.07) is 19.3. The summed E-state index contributed by atoms with van der Waals surface area (Å²) in [6.07, 6.45) is 2.10. The van der Waals surface area contributed by atoms with Crippen molar-refractivity contribution >= 4 is 0 Å². The van der Waals surface area contributed by atoms with Gasteiger partial charge in [-0.2, -0.15) is 9.13 Å². The molecule has 0 atom stereocenters. The van der Waals surface area contributed by atoms with Crippen LogP contribution in [0, 0.1) is 13.8 Å². The Morgan fingerprint density at radius 3 is 2.09 bits per heavy atom. The molecule has 22 heavy (non-hydrogen) atoms. The van der Waals surface area contributed by atoms with Crippen LogP contribution in [0.25, 0.3) is 22.6 Å². The van der Waals surface area contributed by atoms with Crippen molar-refractivity contribution < 1.29 is 9.13 Å². The molecule has 0 saturated heterocycles. The maximum absolute atomic E-state index is 2.28. The number of hydrogen-bond donors (Lipinski definition) is 0. The summed E-state index contributed by atoms with van der Waals surface area (Å²) in [5.74, 6) is 0. The lowest BCUT2D eigenvalue weighted by atomic mass is 10.0. The van der Waals surface area contributed by atoms with E-state index in [9.17, 15) is 0 Å². The second-order valence-corrected chi connectivity index (χ2v) is 5.82. The van der Waals surface area contributed by atoms with Gasteiger partial charge in [0.05, 0.1) is 0 Å². The van der Waals surface area contributed by atoms with Gasteiger partial charge in [0, 0.05) is 29.3 Å². The van der Waals surface area contributed by atoms with Gasteiger partial charge < -0.3 is 0 Å². The number of rotatable bonds is 2. The Balaban J connectivity index is 2.25. The maximum Gasteiger partial charge on any atom is 0.280 e. The van der Waals surface area contributed by atoms with Gasteiger partial charge in [0.25, 0.3) is 11.4 Å². The van der Waals surface area contributed by atoms with E-state index in [0.717, 1.165) is 0 Å². The summed E-state index contributed by atoms with van der Waals surface area (Å²) in [4.78, 5) is 0. The van der Waals surface area contributed by atoms with E-state index in [2.05, 4.69) is 97.9 Å². The molecule has 0 bridgehead atoms. The molecule has 0 spiro atoms. The molecule has 1 aromatic carbocycles.